The molecule has 0 aliphatic heterocycles. The van der Waals surface area contributed by atoms with Crippen molar-refractivity contribution in [1.82, 2.24) is 0 Å². The summed E-state index contributed by atoms with van der Waals surface area (Å²) in [5.74, 6) is 2.58. The number of hydrogen-bond donors (Lipinski definition) is 1. The van der Waals surface area contributed by atoms with E-state index in [4.69, 9.17) is 19.9 Å². The Morgan fingerprint density at radius 2 is 1.70 bits per heavy atom. The number of para-hydroxylation sites is 1. The SMILES string of the molecule is COc1cccc(OC)c1OCC(N)C1CCCCC1. The zero-order valence-corrected chi connectivity index (χ0v) is 12.4. The van der Waals surface area contributed by atoms with Gasteiger partial charge < -0.3 is 19.9 Å². The topological polar surface area (TPSA) is 53.7 Å². The molecular weight excluding hydrogens is 254 g/mol. The van der Waals surface area contributed by atoms with Crippen LogP contribution in [0.1, 0.15) is 32.1 Å². The molecule has 2 N–H and O–H groups in total. The van der Waals surface area contributed by atoms with E-state index in [-0.39, 0.29) is 6.04 Å². The molecule has 112 valence electrons. The van der Waals surface area contributed by atoms with E-state index in [9.17, 15) is 0 Å². The molecule has 4 nitrogen and oxygen atoms in total. The molecular formula is C16H25NO3. The molecule has 0 amide bonds. The van der Waals surface area contributed by atoms with Crippen molar-refractivity contribution in [3.05, 3.63) is 18.2 Å². The first-order valence-electron chi connectivity index (χ1n) is 7.35. The smallest absolute Gasteiger partial charge is 0.203 e. The molecule has 4 heteroatoms. The monoisotopic (exact) mass is 279 g/mol. The van der Waals surface area contributed by atoms with Gasteiger partial charge in [0.15, 0.2) is 11.5 Å². The predicted octanol–water partition coefficient (Wildman–Crippen LogP) is 2.99. The average Bonchev–Trinajstić information content (AvgIpc) is 2.52. The number of nitrogens with two attached hydrogens (primary N) is 1. The number of hydrogen-bond acceptors (Lipinski definition) is 4. The number of rotatable bonds is 6. The zero-order chi connectivity index (χ0) is 14.4. The van der Waals surface area contributed by atoms with E-state index in [0.717, 1.165) is 0 Å². The molecule has 0 heterocycles. The molecule has 0 saturated heterocycles. The summed E-state index contributed by atoms with van der Waals surface area (Å²) < 4.78 is 16.5. The van der Waals surface area contributed by atoms with Crippen molar-refractivity contribution in [3.63, 3.8) is 0 Å². The molecule has 0 spiro atoms. The molecule has 1 aromatic carbocycles. The van der Waals surface area contributed by atoms with Gasteiger partial charge >= 0.3 is 0 Å². The van der Waals surface area contributed by atoms with Crippen molar-refractivity contribution in [2.75, 3.05) is 20.8 Å². The van der Waals surface area contributed by atoms with E-state index in [1.807, 2.05) is 18.2 Å². The van der Waals surface area contributed by atoms with Crippen LogP contribution in [0.2, 0.25) is 0 Å². The van der Waals surface area contributed by atoms with E-state index in [1.165, 1.54) is 32.1 Å². The Kier molecular flexibility index (Phi) is 5.53. The summed E-state index contributed by atoms with van der Waals surface area (Å²) in [7, 11) is 3.26. The van der Waals surface area contributed by atoms with Gasteiger partial charge in [-0.05, 0) is 30.9 Å². The van der Waals surface area contributed by atoms with E-state index >= 15 is 0 Å². The minimum atomic E-state index is 0.0740. The van der Waals surface area contributed by atoms with Gasteiger partial charge in [-0.1, -0.05) is 25.3 Å². The summed E-state index contributed by atoms with van der Waals surface area (Å²) in [6.45, 7) is 0.501. The van der Waals surface area contributed by atoms with E-state index in [2.05, 4.69) is 0 Å². The van der Waals surface area contributed by atoms with Crippen LogP contribution in [-0.2, 0) is 0 Å². The summed E-state index contributed by atoms with van der Waals surface area (Å²) in [5, 5.41) is 0. The lowest BCUT2D eigenvalue weighted by atomic mass is 9.84. The van der Waals surface area contributed by atoms with E-state index in [0.29, 0.717) is 29.8 Å². The maximum absolute atomic E-state index is 6.27. The van der Waals surface area contributed by atoms with Crippen LogP contribution in [0, 0.1) is 5.92 Å². The highest BCUT2D eigenvalue weighted by Gasteiger charge is 2.22. The summed E-state index contributed by atoms with van der Waals surface area (Å²) in [5.41, 5.74) is 6.27. The number of ether oxygens (including phenoxy) is 3. The van der Waals surface area contributed by atoms with Gasteiger partial charge in [0.25, 0.3) is 0 Å². The van der Waals surface area contributed by atoms with Crippen molar-refractivity contribution in [3.8, 4) is 17.2 Å². The average molecular weight is 279 g/mol. The molecule has 0 aromatic heterocycles. The minimum absolute atomic E-state index is 0.0740. The van der Waals surface area contributed by atoms with Gasteiger partial charge in [-0.2, -0.15) is 0 Å². The van der Waals surface area contributed by atoms with Crippen LogP contribution in [0.5, 0.6) is 17.2 Å². The summed E-state index contributed by atoms with van der Waals surface area (Å²) >= 11 is 0. The number of benzene rings is 1. The van der Waals surface area contributed by atoms with Gasteiger partial charge in [0, 0.05) is 6.04 Å². The van der Waals surface area contributed by atoms with Crippen LogP contribution in [-0.4, -0.2) is 26.9 Å². The first-order chi connectivity index (χ1) is 9.76. The van der Waals surface area contributed by atoms with Crippen LogP contribution in [0.4, 0.5) is 0 Å². The highest BCUT2D eigenvalue weighted by atomic mass is 16.5. The molecule has 0 radical (unpaired) electrons. The van der Waals surface area contributed by atoms with Crippen molar-refractivity contribution >= 4 is 0 Å². The molecule has 0 bridgehead atoms. The van der Waals surface area contributed by atoms with Crippen LogP contribution >= 0.6 is 0 Å². The lowest BCUT2D eigenvalue weighted by Gasteiger charge is -2.27. The molecule has 1 atom stereocenters. The maximum atomic E-state index is 6.27. The molecule has 1 saturated carbocycles. The van der Waals surface area contributed by atoms with Gasteiger partial charge in [-0.25, -0.2) is 0 Å². The van der Waals surface area contributed by atoms with Crippen LogP contribution in [0.25, 0.3) is 0 Å². The van der Waals surface area contributed by atoms with Crippen molar-refractivity contribution in [1.29, 1.82) is 0 Å². The van der Waals surface area contributed by atoms with Gasteiger partial charge in [0.2, 0.25) is 5.75 Å². The maximum Gasteiger partial charge on any atom is 0.203 e. The van der Waals surface area contributed by atoms with E-state index < -0.39 is 0 Å². The first kappa shape index (κ1) is 15.0. The van der Waals surface area contributed by atoms with Gasteiger partial charge in [-0.15, -0.1) is 0 Å². The van der Waals surface area contributed by atoms with E-state index in [1.54, 1.807) is 14.2 Å². The predicted molar refractivity (Wildman–Crippen MR) is 79.6 cm³/mol. The standard InChI is InChI=1S/C16H25NO3/c1-18-14-9-6-10-15(19-2)16(14)20-11-13(17)12-7-4-3-5-8-12/h6,9-10,12-13H,3-5,7-8,11,17H2,1-2H3. The molecule has 1 fully saturated rings. The van der Waals surface area contributed by atoms with Crippen molar-refractivity contribution < 1.29 is 14.2 Å². The summed E-state index contributed by atoms with van der Waals surface area (Å²) in [6.07, 6.45) is 6.35. The second-order valence-electron chi connectivity index (χ2n) is 5.36. The Labute approximate surface area is 121 Å². The zero-order valence-electron chi connectivity index (χ0n) is 12.4. The van der Waals surface area contributed by atoms with Crippen LogP contribution in [0.3, 0.4) is 0 Å². The van der Waals surface area contributed by atoms with Crippen LogP contribution in [0.15, 0.2) is 18.2 Å². The molecule has 2 rings (SSSR count). The quantitative estimate of drug-likeness (QED) is 0.869. The Hall–Kier alpha value is -1.42. The molecule has 1 aliphatic rings. The van der Waals surface area contributed by atoms with Gasteiger partial charge in [0.05, 0.1) is 14.2 Å². The fraction of sp³-hybridized carbons (Fsp3) is 0.625. The minimum Gasteiger partial charge on any atom is -0.493 e. The van der Waals surface area contributed by atoms with Crippen LogP contribution < -0.4 is 19.9 Å². The fourth-order valence-corrected chi connectivity index (χ4v) is 2.84. The normalized spacial score (nSPS) is 17.6. The highest BCUT2D eigenvalue weighted by Crippen LogP contribution is 2.37. The summed E-state index contributed by atoms with van der Waals surface area (Å²) in [4.78, 5) is 0. The third kappa shape index (κ3) is 3.57. The number of methoxy groups -OCH3 is 2. The second kappa shape index (κ2) is 7.39. The molecule has 1 aromatic rings. The summed E-state index contributed by atoms with van der Waals surface area (Å²) in [6, 6.07) is 5.68. The Morgan fingerprint density at radius 3 is 2.25 bits per heavy atom. The highest BCUT2D eigenvalue weighted by molar-refractivity contribution is 5.51. The molecule has 20 heavy (non-hydrogen) atoms. The largest absolute Gasteiger partial charge is 0.493 e. The van der Waals surface area contributed by atoms with Crippen molar-refractivity contribution in [2.24, 2.45) is 11.7 Å². The Morgan fingerprint density at radius 1 is 1.10 bits per heavy atom. The second-order valence-corrected chi connectivity index (χ2v) is 5.36. The Bertz CT molecular complexity index is 394. The first-order valence-corrected chi connectivity index (χ1v) is 7.35. The lowest BCUT2D eigenvalue weighted by molar-refractivity contribution is 0.202. The van der Waals surface area contributed by atoms with Gasteiger partial charge in [-0.3, -0.25) is 0 Å². The Balaban J connectivity index is 1.98. The third-order valence-electron chi connectivity index (χ3n) is 4.06. The third-order valence-corrected chi connectivity index (χ3v) is 4.06. The van der Waals surface area contributed by atoms with Gasteiger partial charge in [0.1, 0.15) is 6.61 Å². The molecule has 1 unspecified atom stereocenters. The molecule has 1 aliphatic carbocycles. The van der Waals surface area contributed by atoms with Crippen molar-refractivity contribution in [2.45, 2.75) is 38.1 Å². The fourth-order valence-electron chi connectivity index (χ4n) is 2.84. The lowest BCUT2D eigenvalue weighted by Crippen LogP contribution is -2.37.